The number of aromatic nitrogens is 4. The van der Waals surface area contributed by atoms with Crippen LogP contribution in [0, 0.1) is 21.0 Å². The highest BCUT2D eigenvalue weighted by Gasteiger charge is 2.26. The number of aromatic amines is 2. The standard InChI is InChI=1S/C44H44I2N4/c1-9-31-23(5)41-39(27-13-17-29(45)18-14-27)42-25(7)33(11-3)37(49-42)22-38-34(12-4)26(8)44(50-38)40(28-15-19-30(46)20-16-28)43-24(6)32(10-2)36(48-43)21-35(31)47-41/h13-22,47,49H,9-12H2,1-8H3. The summed E-state index contributed by atoms with van der Waals surface area (Å²) in [6, 6.07) is 22.4. The molecule has 2 N–H and O–H groups in total. The number of H-pyrrole nitrogens is 2. The molecule has 2 aliphatic rings. The van der Waals surface area contributed by atoms with Gasteiger partial charge in [-0.2, -0.15) is 0 Å². The Balaban J connectivity index is 1.77. The summed E-state index contributed by atoms with van der Waals surface area (Å²) in [4.78, 5) is 19.0. The van der Waals surface area contributed by atoms with Crippen molar-refractivity contribution in [2.75, 3.05) is 0 Å². The van der Waals surface area contributed by atoms with Crippen LogP contribution in [0.15, 0.2) is 60.7 Å². The first kappa shape index (κ1) is 34.9. The van der Waals surface area contributed by atoms with Crippen LogP contribution in [-0.2, 0) is 12.8 Å². The van der Waals surface area contributed by atoms with Gasteiger partial charge >= 0.3 is 0 Å². The van der Waals surface area contributed by atoms with Gasteiger partial charge in [0.05, 0.1) is 33.8 Å². The molecule has 2 aromatic carbocycles. The number of aryl methyl sites for hydroxylation is 4. The van der Waals surface area contributed by atoms with Crippen LogP contribution >= 0.6 is 45.2 Å². The zero-order valence-corrected chi connectivity index (χ0v) is 34.6. The molecule has 254 valence electrons. The fraction of sp³-hybridized carbons (Fsp3) is 0.273. The van der Waals surface area contributed by atoms with E-state index in [-0.39, 0.29) is 0 Å². The van der Waals surface area contributed by atoms with Gasteiger partial charge in [-0.25, -0.2) is 9.97 Å². The second kappa shape index (κ2) is 13.9. The summed E-state index contributed by atoms with van der Waals surface area (Å²) in [5.74, 6) is 0. The van der Waals surface area contributed by atoms with Crippen LogP contribution in [0.1, 0.15) is 99.4 Å². The molecule has 0 radical (unpaired) electrons. The van der Waals surface area contributed by atoms with Crippen LogP contribution in [0.2, 0.25) is 0 Å². The number of allylic oxidation sites excluding steroid dienone is 4. The topological polar surface area (TPSA) is 57.4 Å². The van der Waals surface area contributed by atoms with Crippen LogP contribution in [0.3, 0.4) is 0 Å². The Hall–Kier alpha value is -3.50. The summed E-state index contributed by atoms with van der Waals surface area (Å²) in [7, 11) is 0. The van der Waals surface area contributed by atoms with Gasteiger partial charge in [0, 0.05) is 29.3 Å². The van der Waals surface area contributed by atoms with Gasteiger partial charge in [-0.05, 0) is 191 Å². The summed E-state index contributed by atoms with van der Waals surface area (Å²) in [6.07, 6.45) is 3.64. The largest absolute Gasteiger partial charge is 0.354 e. The molecule has 8 bridgehead atoms. The van der Waals surface area contributed by atoms with Gasteiger partial charge in [0.25, 0.3) is 0 Å². The summed E-state index contributed by atoms with van der Waals surface area (Å²) >= 11 is 4.79. The molecule has 0 saturated heterocycles. The first-order valence-corrected chi connectivity index (χ1v) is 20.0. The highest BCUT2D eigenvalue weighted by molar-refractivity contribution is 14.1. The van der Waals surface area contributed by atoms with E-state index in [1.54, 1.807) is 0 Å². The van der Waals surface area contributed by atoms with E-state index < -0.39 is 0 Å². The fourth-order valence-electron chi connectivity index (χ4n) is 8.11. The number of nitrogens with one attached hydrogen (secondary N) is 2. The molecule has 5 aromatic rings. The van der Waals surface area contributed by atoms with Crippen molar-refractivity contribution in [3.63, 3.8) is 0 Å². The third-order valence-electron chi connectivity index (χ3n) is 10.7. The molecule has 0 spiro atoms. The molecule has 0 fully saturated rings. The quantitative estimate of drug-likeness (QED) is 0.167. The summed E-state index contributed by atoms with van der Waals surface area (Å²) < 4.78 is 2.43. The maximum atomic E-state index is 5.52. The summed E-state index contributed by atoms with van der Waals surface area (Å²) in [6.45, 7) is 18.1. The minimum absolute atomic E-state index is 0.898. The monoisotopic (exact) mass is 882 g/mol. The lowest BCUT2D eigenvalue weighted by Crippen LogP contribution is -1.93. The van der Waals surface area contributed by atoms with E-state index in [0.717, 1.165) is 81.7 Å². The second-order valence-corrected chi connectivity index (χ2v) is 15.9. The van der Waals surface area contributed by atoms with Gasteiger partial charge in [0.15, 0.2) is 0 Å². The zero-order valence-electron chi connectivity index (χ0n) is 30.3. The van der Waals surface area contributed by atoms with Crippen molar-refractivity contribution in [2.24, 2.45) is 0 Å². The molecule has 0 aliphatic carbocycles. The zero-order chi connectivity index (χ0) is 35.4. The average molecular weight is 883 g/mol. The van der Waals surface area contributed by atoms with E-state index in [9.17, 15) is 0 Å². The Bertz CT molecular complexity index is 2280. The Morgan fingerprint density at radius 1 is 0.520 bits per heavy atom. The lowest BCUT2D eigenvalue weighted by atomic mass is 9.93. The number of fused-ring (bicyclic) bond motifs is 8. The van der Waals surface area contributed by atoms with Crippen LogP contribution in [-0.4, -0.2) is 19.9 Å². The maximum absolute atomic E-state index is 5.52. The smallest absolute Gasteiger partial charge is 0.0769 e. The van der Waals surface area contributed by atoms with Gasteiger partial charge in [-0.15, -0.1) is 0 Å². The number of rotatable bonds is 6. The lowest BCUT2D eigenvalue weighted by molar-refractivity contribution is 1.14. The van der Waals surface area contributed by atoms with Crippen molar-refractivity contribution in [1.82, 2.24) is 19.9 Å². The van der Waals surface area contributed by atoms with E-state index in [2.05, 4.69) is 171 Å². The van der Waals surface area contributed by atoms with Crippen LogP contribution in [0.5, 0.6) is 0 Å². The molecule has 5 heterocycles. The first-order valence-electron chi connectivity index (χ1n) is 17.8. The molecule has 50 heavy (non-hydrogen) atoms. The molecular formula is C44H44I2N4. The van der Waals surface area contributed by atoms with Crippen LogP contribution in [0.25, 0.3) is 66.6 Å². The van der Waals surface area contributed by atoms with Gasteiger partial charge in [-0.1, -0.05) is 52.0 Å². The minimum atomic E-state index is 0.898. The second-order valence-electron chi connectivity index (χ2n) is 13.4. The molecule has 0 amide bonds. The molecule has 3 aromatic heterocycles. The molecule has 2 aliphatic heterocycles. The van der Waals surface area contributed by atoms with Gasteiger partial charge in [-0.3, -0.25) is 0 Å². The molecular weight excluding hydrogens is 838 g/mol. The molecule has 4 nitrogen and oxygen atoms in total. The van der Waals surface area contributed by atoms with Crippen molar-refractivity contribution < 1.29 is 0 Å². The Labute approximate surface area is 323 Å². The number of benzene rings is 2. The van der Waals surface area contributed by atoms with Crippen molar-refractivity contribution in [3.05, 3.63) is 113 Å². The van der Waals surface area contributed by atoms with E-state index in [0.29, 0.717) is 0 Å². The number of halogens is 2. The predicted octanol–water partition coefficient (Wildman–Crippen LogP) is 13.3. The van der Waals surface area contributed by atoms with E-state index in [4.69, 9.17) is 9.97 Å². The van der Waals surface area contributed by atoms with Crippen molar-refractivity contribution in [1.29, 1.82) is 0 Å². The summed E-state index contributed by atoms with van der Waals surface area (Å²) in [5.41, 5.74) is 23.6. The third-order valence-corrected chi connectivity index (χ3v) is 12.2. The SMILES string of the molecule is CCC1=C(C)c2nc1cc1[nH]c(c(C)c1CC)c(-c1ccc(I)cc1)c1[nH]c(cc3nc(c2-c2ccc(I)cc2)C(C)=C3CC)c(CC)c1C. The number of hydrogen-bond acceptors (Lipinski definition) is 2. The minimum Gasteiger partial charge on any atom is -0.354 e. The van der Waals surface area contributed by atoms with Crippen LogP contribution in [0.4, 0.5) is 0 Å². The Morgan fingerprint density at radius 2 is 0.900 bits per heavy atom. The summed E-state index contributed by atoms with van der Waals surface area (Å²) in [5, 5.41) is 0. The maximum Gasteiger partial charge on any atom is 0.0769 e. The molecule has 0 atom stereocenters. The van der Waals surface area contributed by atoms with Gasteiger partial charge in [0.2, 0.25) is 0 Å². The third kappa shape index (κ3) is 5.80. The highest BCUT2D eigenvalue weighted by Crippen LogP contribution is 2.44. The number of hydrogen-bond donors (Lipinski definition) is 2. The van der Waals surface area contributed by atoms with Crippen LogP contribution < -0.4 is 0 Å². The van der Waals surface area contributed by atoms with Crippen molar-refractivity contribution in [2.45, 2.75) is 81.1 Å². The average Bonchev–Trinajstić information content (AvgIpc) is 3.79. The Morgan fingerprint density at radius 3 is 1.26 bits per heavy atom. The first-order chi connectivity index (χ1) is 24.1. The fourth-order valence-corrected chi connectivity index (χ4v) is 8.83. The van der Waals surface area contributed by atoms with Gasteiger partial charge in [0.1, 0.15) is 0 Å². The normalized spacial score (nSPS) is 13.2. The Kier molecular flexibility index (Phi) is 9.71. The molecule has 7 rings (SSSR count). The van der Waals surface area contributed by atoms with Crippen molar-refractivity contribution >= 4 is 89.5 Å². The van der Waals surface area contributed by atoms with Gasteiger partial charge < -0.3 is 9.97 Å². The van der Waals surface area contributed by atoms with E-state index >= 15 is 0 Å². The van der Waals surface area contributed by atoms with E-state index in [1.807, 2.05) is 0 Å². The highest BCUT2D eigenvalue weighted by atomic mass is 127. The molecule has 0 unspecified atom stereocenters. The predicted molar refractivity (Wildman–Crippen MR) is 231 cm³/mol. The molecule has 0 saturated carbocycles. The number of nitrogens with zero attached hydrogens (tertiary/aromatic N) is 2. The van der Waals surface area contributed by atoms with E-state index in [1.165, 1.54) is 62.8 Å². The molecule has 6 heteroatoms. The lowest BCUT2D eigenvalue weighted by Gasteiger charge is -2.10. The van der Waals surface area contributed by atoms with Crippen molar-refractivity contribution in [3.8, 4) is 22.3 Å².